The van der Waals surface area contributed by atoms with Crippen molar-refractivity contribution in [1.29, 1.82) is 0 Å². The summed E-state index contributed by atoms with van der Waals surface area (Å²) in [6, 6.07) is 3.99. The molecule has 16 heavy (non-hydrogen) atoms. The average molecular weight is 214 g/mol. The lowest BCUT2D eigenvalue weighted by atomic mass is 9.96. The normalized spacial score (nSPS) is 9.75. The van der Waals surface area contributed by atoms with Crippen LogP contribution in [0, 0.1) is 0 Å². The molecule has 1 heteroatoms. The molecule has 0 aliphatic rings. The molecule has 0 aliphatic carbocycles. The van der Waals surface area contributed by atoms with Crippen LogP contribution < -0.4 is 0 Å². The first-order chi connectivity index (χ1) is 7.74. The van der Waals surface area contributed by atoms with Gasteiger partial charge in [-0.1, -0.05) is 30.4 Å². The van der Waals surface area contributed by atoms with Gasteiger partial charge in [-0.05, 0) is 30.4 Å². The maximum Gasteiger partial charge on any atom is 0.122 e. The van der Waals surface area contributed by atoms with Crippen molar-refractivity contribution in [1.82, 2.24) is 0 Å². The molecule has 0 amide bonds. The molecule has 0 radical (unpaired) electrons. The molecule has 1 nitrogen and oxygen atoms in total. The van der Waals surface area contributed by atoms with Gasteiger partial charge in [0.2, 0.25) is 0 Å². The molecule has 84 valence electrons. The number of phenolic OH excluding ortho intramolecular Hbond substituents is 1. The van der Waals surface area contributed by atoms with Crippen LogP contribution in [0.4, 0.5) is 0 Å². The van der Waals surface area contributed by atoms with Gasteiger partial charge >= 0.3 is 0 Å². The van der Waals surface area contributed by atoms with Crippen molar-refractivity contribution in [3.63, 3.8) is 0 Å². The third-order valence-electron chi connectivity index (χ3n) is 2.54. The lowest BCUT2D eigenvalue weighted by Crippen LogP contribution is -1.96. The predicted octanol–water partition coefficient (Wildman–Crippen LogP) is 3.58. The summed E-state index contributed by atoms with van der Waals surface area (Å²) in [5.41, 5.74) is 2.98. The molecule has 0 atom stereocenters. The molecule has 1 rings (SSSR count). The molecule has 0 fully saturated rings. The van der Waals surface area contributed by atoms with Crippen LogP contribution in [0.3, 0.4) is 0 Å². The summed E-state index contributed by atoms with van der Waals surface area (Å²) in [7, 11) is 0. The van der Waals surface area contributed by atoms with Crippen molar-refractivity contribution >= 4 is 0 Å². The van der Waals surface area contributed by atoms with E-state index in [4.69, 9.17) is 0 Å². The van der Waals surface area contributed by atoms with Crippen LogP contribution in [0.5, 0.6) is 5.75 Å². The fraction of sp³-hybridized carbons (Fsp3) is 0.200. The lowest BCUT2D eigenvalue weighted by Gasteiger charge is -2.12. The zero-order valence-electron chi connectivity index (χ0n) is 9.58. The van der Waals surface area contributed by atoms with Gasteiger partial charge in [-0.25, -0.2) is 0 Å². The van der Waals surface area contributed by atoms with Crippen LogP contribution in [0.15, 0.2) is 50.1 Å². The number of rotatable bonds is 6. The Morgan fingerprint density at radius 1 is 0.875 bits per heavy atom. The topological polar surface area (TPSA) is 20.2 Å². The molecule has 0 aliphatic heterocycles. The summed E-state index contributed by atoms with van der Waals surface area (Å²) in [5, 5.41) is 10.1. The Labute approximate surface area is 97.4 Å². The molecule has 1 N–H and O–H groups in total. The molecule has 1 aromatic carbocycles. The average Bonchev–Trinajstić information content (AvgIpc) is 2.28. The van der Waals surface area contributed by atoms with E-state index in [9.17, 15) is 5.11 Å². The van der Waals surface area contributed by atoms with Crippen LogP contribution in [0.2, 0.25) is 0 Å². The number of benzene rings is 1. The van der Waals surface area contributed by atoms with Gasteiger partial charge in [-0.2, -0.15) is 0 Å². The Morgan fingerprint density at radius 2 is 1.38 bits per heavy atom. The Kier molecular flexibility index (Phi) is 4.59. The Bertz CT molecular complexity index is 402. The highest BCUT2D eigenvalue weighted by molar-refractivity contribution is 5.47. The lowest BCUT2D eigenvalue weighted by molar-refractivity contribution is 0.463. The molecule has 0 heterocycles. The molecule has 0 spiro atoms. The highest BCUT2D eigenvalue weighted by Crippen LogP contribution is 2.28. The van der Waals surface area contributed by atoms with Crippen LogP contribution in [0.25, 0.3) is 0 Å². The second kappa shape index (κ2) is 5.96. The molecule has 1 aromatic rings. The van der Waals surface area contributed by atoms with Gasteiger partial charge < -0.3 is 5.11 Å². The maximum atomic E-state index is 10.1. The van der Waals surface area contributed by atoms with E-state index in [2.05, 4.69) is 19.7 Å². The smallest absolute Gasteiger partial charge is 0.122 e. The molecule has 0 saturated heterocycles. The third-order valence-corrected chi connectivity index (χ3v) is 2.54. The van der Waals surface area contributed by atoms with Crippen molar-refractivity contribution in [2.45, 2.75) is 19.3 Å². The monoisotopic (exact) mass is 214 g/mol. The summed E-state index contributed by atoms with van der Waals surface area (Å²) >= 11 is 0. The van der Waals surface area contributed by atoms with E-state index in [0.717, 1.165) is 23.1 Å². The minimum Gasteiger partial charge on any atom is -0.507 e. The van der Waals surface area contributed by atoms with Gasteiger partial charge in [0.1, 0.15) is 5.75 Å². The van der Waals surface area contributed by atoms with Gasteiger partial charge in [0.05, 0.1) is 0 Å². The minimum atomic E-state index is 0.374. The first-order valence-corrected chi connectivity index (χ1v) is 5.39. The van der Waals surface area contributed by atoms with E-state index < -0.39 is 0 Å². The highest BCUT2D eigenvalue weighted by Gasteiger charge is 2.09. The maximum absolute atomic E-state index is 10.1. The van der Waals surface area contributed by atoms with E-state index in [1.54, 1.807) is 12.2 Å². The predicted molar refractivity (Wildman–Crippen MR) is 69.8 cm³/mol. The molecular weight excluding hydrogens is 196 g/mol. The summed E-state index contributed by atoms with van der Waals surface area (Å²) in [6.07, 6.45) is 7.57. The number of hydrogen-bond acceptors (Lipinski definition) is 1. The number of hydrogen-bond donors (Lipinski definition) is 1. The van der Waals surface area contributed by atoms with E-state index in [0.29, 0.717) is 18.6 Å². The molecule has 0 bridgehead atoms. The van der Waals surface area contributed by atoms with Crippen molar-refractivity contribution in [2.75, 3.05) is 0 Å². The zero-order valence-corrected chi connectivity index (χ0v) is 9.58. The van der Waals surface area contributed by atoms with Crippen LogP contribution >= 0.6 is 0 Å². The Morgan fingerprint density at radius 3 is 1.94 bits per heavy atom. The molecule has 0 aromatic heterocycles. The van der Waals surface area contributed by atoms with Crippen molar-refractivity contribution in [3.05, 3.63) is 66.8 Å². The van der Waals surface area contributed by atoms with E-state index >= 15 is 0 Å². The molecule has 0 unspecified atom stereocenters. The summed E-state index contributed by atoms with van der Waals surface area (Å²) in [5.74, 6) is 0.374. The van der Waals surface area contributed by atoms with E-state index in [1.165, 1.54) is 0 Å². The van der Waals surface area contributed by atoms with Crippen molar-refractivity contribution in [2.24, 2.45) is 0 Å². The van der Waals surface area contributed by atoms with Gasteiger partial charge in [-0.15, -0.1) is 19.7 Å². The quantitative estimate of drug-likeness (QED) is 0.718. The fourth-order valence-corrected chi connectivity index (χ4v) is 1.77. The standard InChI is InChI=1S/C15H18O/c1-4-7-12-10-11-13(8-5-2)15(16)14(12)9-6-3/h4-6,10-11,16H,1-3,7-9H2. The van der Waals surface area contributed by atoms with Crippen LogP contribution in [-0.4, -0.2) is 5.11 Å². The first-order valence-electron chi connectivity index (χ1n) is 5.39. The SMILES string of the molecule is C=CCc1ccc(CC=C)c(CC=C)c1O. The number of allylic oxidation sites excluding steroid dienone is 3. The number of phenols is 1. The summed E-state index contributed by atoms with van der Waals surface area (Å²) < 4.78 is 0. The second-order valence-electron chi connectivity index (χ2n) is 3.69. The van der Waals surface area contributed by atoms with E-state index in [-0.39, 0.29) is 0 Å². The largest absolute Gasteiger partial charge is 0.507 e. The van der Waals surface area contributed by atoms with Gasteiger partial charge in [0, 0.05) is 5.56 Å². The molecular formula is C15H18O. The zero-order chi connectivity index (χ0) is 12.0. The van der Waals surface area contributed by atoms with Crippen molar-refractivity contribution in [3.8, 4) is 5.75 Å². The summed E-state index contributed by atoms with van der Waals surface area (Å²) in [6.45, 7) is 11.1. The summed E-state index contributed by atoms with van der Waals surface area (Å²) in [4.78, 5) is 0. The number of aromatic hydroxyl groups is 1. The van der Waals surface area contributed by atoms with Gasteiger partial charge in [-0.3, -0.25) is 0 Å². The third kappa shape index (κ3) is 2.63. The van der Waals surface area contributed by atoms with E-state index in [1.807, 2.05) is 18.2 Å². The van der Waals surface area contributed by atoms with Gasteiger partial charge in [0.25, 0.3) is 0 Å². The van der Waals surface area contributed by atoms with Gasteiger partial charge in [0.15, 0.2) is 0 Å². The highest BCUT2D eigenvalue weighted by atomic mass is 16.3. The first kappa shape index (κ1) is 12.3. The van der Waals surface area contributed by atoms with Crippen LogP contribution in [-0.2, 0) is 19.3 Å². The fourth-order valence-electron chi connectivity index (χ4n) is 1.77. The Hall–Kier alpha value is -1.76. The van der Waals surface area contributed by atoms with Crippen molar-refractivity contribution < 1.29 is 5.11 Å². The second-order valence-corrected chi connectivity index (χ2v) is 3.69. The van der Waals surface area contributed by atoms with Crippen LogP contribution in [0.1, 0.15) is 16.7 Å². The minimum absolute atomic E-state index is 0.374. The Balaban J connectivity index is 3.22. The molecule has 0 saturated carbocycles.